The highest BCUT2D eigenvalue weighted by Crippen LogP contribution is 2.36. The van der Waals surface area contributed by atoms with Crippen molar-refractivity contribution in [2.75, 3.05) is 13.7 Å². The molecule has 0 aliphatic carbocycles. The van der Waals surface area contributed by atoms with Gasteiger partial charge in [-0.1, -0.05) is 56.9 Å². The van der Waals surface area contributed by atoms with Gasteiger partial charge in [0.15, 0.2) is 0 Å². The molecule has 0 bridgehead atoms. The highest BCUT2D eigenvalue weighted by Gasteiger charge is 2.40. The summed E-state index contributed by atoms with van der Waals surface area (Å²) in [7, 11) is 1.61. The van der Waals surface area contributed by atoms with E-state index in [4.69, 9.17) is 15.2 Å². The van der Waals surface area contributed by atoms with Crippen LogP contribution in [0.25, 0.3) is 0 Å². The van der Waals surface area contributed by atoms with E-state index >= 15 is 0 Å². The fraction of sp³-hybridized carbons (Fsp3) is 0.562. The second-order valence-electron chi connectivity index (χ2n) is 5.09. The summed E-state index contributed by atoms with van der Waals surface area (Å²) in [5.41, 5.74) is 7.76. The predicted octanol–water partition coefficient (Wildman–Crippen LogP) is 3.15. The van der Waals surface area contributed by atoms with Gasteiger partial charge in [0.1, 0.15) is 5.84 Å². The lowest BCUT2D eigenvalue weighted by Gasteiger charge is -2.25. The maximum Gasteiger partial charge on any atom is 0.300 e. The summed E-state index contributed by atoms with van der Waals surface area (Å²) in [6.07, 6.45) is 5.97. The minimum Gasteiger partial charge on any atom is -0.383 e. The molecule has 110 valence electrons. The van der Waals surface area contributed by atoms with Gasteiger partial charge in [0.25, 0.3) is 5.91 Å². The van der Waals surface area contributed by atoms with Gasteiger partial charge in [-0.25, -0.2) is 4.99 Å². The molecule has 4 nitrogen and oxygen atoms in total. The summed E-state index contributed by atoms with van der Waals surface area (Å²) in [4.78, 5) is 4.39. The Kier molecular flexibility index (Phi) is 5.15. The van der Waals surface area contributed by atoms with Crippen molar-refractivity contribution in [2.24, 2.45) is 10.7 Å². The van der Waals surface area contributed by atoms with E-state index in [-0.39, 0.29) is 0 Å². The van der Waals surface area contributed by atoms with Gasteiger partial charge in [-0.3, -0.25) is 0 Å². The van der Waals surface area contributed by atoms with Crippen LogP contribution >= 0.6 is 0 Å². The minimum atomic E-state index is -1.05. The summed E-state index contributed by atoms with van der Waals surface area (Å²) in [5.74, 6) is -0.570. The van der Waals surface area contributed by atoms with Gasteiger partial charge >= 0.3 is 0 Å². The van der Waals surface area contributed by atoms with Crippen LogP contribution in [0.4, 0.5) is 0 Å². The SMILES string of the molecule is CCCCCCCOC1(OC)N=C(N)c2ccccc21. The molecule has 1 aliphatic rings. The molecule has 1 aromatic carbocycles. The lowest BCUT2D eigenvalue weighted by molar-refractivity contribution is -0.224. The third-order valence-corrected chi connectivity index (χ3v) is 3.63. The molecule has 0 amide bonds. The van der Waals surface area contributed by atoms with Gasteiger partial charge in [0, 0.05) is 18.2 Å². The van der Waals surface area contributed by atoms with E-state index in [9.17, 15) is 0 Å². The average Bonchev–Trinajstić information content (AvgIpc) is 2.77. The van der Waals surface area contributed by atoms with Crippen molar-refractivity contribution < 1.29 is 9.47 Å². The normalized spacial score (nSPS) is 20.8. The van der Waals surface area contributed by atoms with Crippen LogP contribution in [-0.4, -0.2) is 19.6 Å². The topological polar surface area (TPSA) is 56.8 Å². The molecule has 20 heavy (non-hydrogen) atoms. The highest BCUT2D eigenvalue weighted by atomic mass is 16.7. The van der Waals surface area contributed by atoms with Crippen LogP contribution in [-0.2, 0) is 15.4 Å². The van der Waals surface area contributed by atoms with E-state index in [1.807, 2.05) is 24.3 Å². The minimum absolute atomic E-state index is 0.480. The van der Waals surface area contributed by atoms with Crippen LogP contribution in [0.1, 0.15) is 50.2 Å². The molecule has 2 N–H and O–H groups in total. The molecule has 1 atom stereocenters. The number of fused-ring (bicyclic) bond motifs is 1. The molecule has 0 aromatic heterocycles. The van der Waals surface area contributed by atoms with Crippen molar-refractivity contribution in [2.45, 2.75) is 44.9 Å². The fourth-order valence-electron chi connectivity index (χ4n) is 2.50. The molecular formula is C16H24N2O2. The summed E-state index contributed by atoms with van der Waals surface area (Å²) in [5, 5.41) is 0. The zero-order valence-corrected chi connectivity index (χ0v) is 12.4. The first-order chi connectivity index (χ1) is 9.73. The molecule has 0 saturated heterocycles. The Morgan fingerprint density at radius 2 is 1.90 bits per heavy atom. The zero-order chi connectivity index (χ0) is 14.4. The van der Waals surface area contributed by atoms with Crippen molar-refractivity contribution in [3.8, 4) is 0 Å². The standard InChI is InChI=1S/C16H24N2O2/c1-3-4-5-6-9-12-20-16(19-2)14-11-8-7-10-13(14)15(17)18-16/h7-8,10-11H,3-6,9,12H2,1-2H3,(H2,17,18). The first kappa shape index (κ1) is 15.0. The van der Waals surface area contributed by atoms with E-state index in [0.717, 1.165) is 17.5 Å². The monoisotopic (exact) mass is 276 g/mol. The van der Waals surface area contributed by atoms with Crippen molar-refractivity contribution in [3.63, 3.8) is 0 Å². The highest BCUT2D eigenvalue weighted by molar-refractivity contribution is 6.01. The van der Waals surface area contributed by atoms with Crippen LogP contribution in [0.5, 0.6) is 0 Å². The number of hydrogen-bond donors (Lipinski definition) is 1. The maximum atomic E-state index is 5.96. The molecular weight excluding hydrogens is 252 g/mol. The number of unbranched alkanes of at least 4 members (excludes halogenated alkanes) is 4. The molecule has 1 aromatic rings. The van der Waals surface area contributed by atoms with E-state index < -0.39 is 5.91 Å². The third-order valence-electron chi connectivity index (χ3n) is 3.63. The van der Waals surface area contributed by atoms with Crippen LogP contribution in [0.15, 0.2) is 29.3 Å². The summed E-state index contributed by atoms with van der Waals surface area (Å²) >= 11 is 0. The number of methoxy groups -OCH3 is 1. The van der Waals surface area contributed by atoms with E-state index in [2.05, 4.69) is 11.9 Å². The molecule has 1 aliphatic heterocycles. The fourth-order valence-corrected chi connectivity index (χ4v) is 2.50. The Morgan fingerprint density at radius 3 is 2.65 bits per heavy atom. The first-order valence-corrected chi connectivity index (χ1v) is 7.38. The van der Waals surface area contributed by atoms with Gasteiger partial charge in [-0.05, 0) is 6.42 Å². The van der Waals surface area contributed by atoms with Crippen LogP contribution in [0, 0.1) is 0 Å². The van der Waals surface area contributed by atoms with Gasteiger partial charge in [-0.15, -0.1) is 0 Å². The second-order valence-corrected chi connectivity index (χ2v) is 5.09. The smallest absolute Gasteiger partial charge is 0.300 e. The average molecular weight is 276 g/mol. The molecule has 1 heterocycles. The van der Waals surface area contributed by atoms with E-state index in [0.29, 0.717) is 12.4 Å². The van der Waals surface area contributed by atoms with Crippen LogP contribution in [0.2, 0.25) is 0 Å². The number of nitrogens with zero attached hydrogens (tertiary/aromatic N) is 1. The lowest BCUT2D eigenvalue weighted by Crippen LogP contribution is -2.28. The number of amidine groups is 1. The number of rotatable bonds is 8. The third kappa shape index (κ3) is 3.02. The molecule has 4 heteroatoms. The van der Waals surface area contributed by atoms with Gasteiger partial charge < -0.3 is 15.2 Å². The Bertz CT molecular complexity index is 473. The largest absolute Gasteiger partial charge is 0.383 e. The Hall–Kier alpha value is -1.39. The number of nitrogens with two attached hydrogens (primary N) is 1. The Labute approximate surface area is 121 Å². The van der Waals surface area contributed by atoms with Gasteiger partial charge in [0.05, 0.1) is 6.61 Å². The predicted molar refractivity (Wildman–Crippen MR) is 80.6 cm³/mol. The number of ether oxygens (including phenoxy) is 2. The van der Waals surface area contributed by atoms with Crippen LogP contribution in [0.3, 0.4) is 0 Å². The molecule has 0 spiro atoms. The lowest BCUT2D eigenvalue weighted by atomic mass is 10.1. The zero-order valence-electron chi connectivity index (χ0n) is 12.4. The second kappa shape index (κ2) is 6.86. The van der Waals surface area contributed by atoms with Crippen molar-refractivity contribution in [1.29, 1.82) is 0 Å². The van der Waals surface area contributed by atoms with Gasteiger partial charge in [0.2, 0.25) is 0 Å². The Morgan fingerprint density at radius 1 is 1.15 bits per heavy atom. The van der Waals surface area contributed by atoms with Crippen molar-refractivity contribution >= 4 is 5.84 Å². The molecule has 1 unspecified atom stereocenters. The summed E-state index contributed by atoms with van der Waals surface area (Å²) in [6.45, 7) is 2.84. The molecule has 0 fully saturated rings. The van der Waals surface area contributed by atoms with E-state index in [1.165, 1.54) is 25.7 Å². The maximum absolute atomic E-state index is 5.96. The number of aliphatic imine (C=N–C) groups is 1. The molecule has 0 saturated carbocycles. The van der Waals surface area contributed by atoms with Gasteiger partial charge in [-0.2, -0.15) is 0 Å². The Balaban J connectivity index is 1.98. The quantitative estimate of drug-likeness (QED) is 0.586. The first-order valence-electron chi connectivity index (χ1n) is 7.38. The van der Waals surface area contributed by atoms with Crippen molar-refractivity contribution in [1.82, 2.24) is 0 Å². The summed E-state index contributed by atoms with van der Waals surface area (Å²) < 4.78 is 11.5. The molecule has 0 radical (unpaired) electrons. The number of hydrogen-bond acceptors (Lipinski definition) is 4. The van der Waals surface area contributed by atoms with Crippen molar-refractivity contribution in [3.05, 3.63) is 35.4 Å². The van der Waals surface area contributed by atoms with E-state index in [1.54, 1.807) is 7.11 Å². The van der Waals surface area contributed by atoms with Crippen LogP contribution < -0.4 is 5.73 Å². The summed E-state index contributed by atoms with van der Waals surface area (Å²) in [6, 6.07) is 7.79. The number of benzene rings is 1. The molecule has 2 rings (SSSR count).